The first kappa shape index (κ1) is 14.5. The molecule has 1 heterocycles. The third-order valence-corrected chi connectivity index (χ3v) is 5.88. The number of benzene rings is 1. The molecule has 0 bridgehead atoms. The van der Waals surface area contributed by atoms with E-state index in [1.165, 1.54) is 0 Å². The van der Waals surface area contributed by atoms with Gasteiger partial charge in [-0.1, -0.05) is 17.7 Å². The van der Waals surface area contributed by atoms with Crippen LogP contribution in [0.5, 0.6) is 0 Å². The Bertz CT molecular complexity index is 525. The van der Waals surface area contributed by atoms with Crippen molar-refractivity contribution >= 4 is 10.0 Å². The van der Waals surface area contributed by atoms with Crippen molar-refractivity contribution in [2.75, 3.05) is 13.1 Å². The summed E-state index contributed by atoms with van der Waals surface area (Å²) < 4.78 is 26.9. The van der Waals surface area contributed by atoms with E-state index in [4.69, 9.17) is 5.73 Å². The maximum atomic E-state index is 12.7. The molecule has 0 saturated carbocycles. The Morgan fingerprint density at radius 3 is 2.47 bits per heavy atom. The third kappa shape index (κ3) is 2.99. The molecule has 106 valence electrons. The quantitative estimate of drug-likeness (QED) is 0.918. The second-order valence-electron chi connectivity index (χ2n) is 5.42. The molecule has 4 nitrogen and oxygen atoms in total. The van der Waals surface area contributed by atoms with Crippen LogP contribution in [-0.2, 0) is 10.0 Å². The van der Waals surface area contributed by atoms with Gasteiger partial charge in [0.25, 0.3) is 0 Å². The van der Waals surface area contributed by atoms with Crippen molar-refractivity contribution in [2.24, 2.45) is 11.7 Å². The highest BCUT2D eigenvalue weighted by Crippen LogP contribution is 2.27. The molecule has 1 aliphatic heterocycles. The van der Waals surface area contributed by atoms with Crippen molar-refractivity contribution in [3.63, 3.8) is 0 Å². The largest absolute Gasteiger partial charge is 0.330 e. The van der Waals surface area contributed by atoms with Crippen LogP contribution >= 0.6 is 0 Å². The molecule has 1 aliphatic rings. The van der Waals surface area contributed by atoms with E-state index in [2.05, 4.69) is 0 Å². The van der Waals surface area contributed by atoms with E-state index < -0.39 is 10.0 Å². The fourth-order valence-corrected chi connectivity index (χ4v) is 4.26. The minimum atomic E-state index is -3.39. The molecule has 0 radical (unpaired) electrons. The summed E-state index contributed by atoms with van der Waals surface area (Å²) in [6.07, 6.45) is 1.89. The fraction of sp³-hybridized carbons (Fsp3) is 0.571. The predicted octanol–water partition coefficient (Wildman–Crippen LogP) is 1.74. The first-order valence-corrected chi connectivity index (χ1v) is 8.17. The summed E-state index contributed by atoms with van der Waals surface area (Å²) in [5.41, 5.74) is 6.75. The number of hydrogen-bond acceptors (Lipinski definition) is 3. The van der Waals surface area contributed by atoms with Crippen molar-refractivity contribution in [1.29, 1.82) is 0 Å². The zero-order valence-corrected chi connectivity index (χ0v) is 12.4. The first-order valence-electron chi connectivity index (χ1n) is 6.73. The van der Waals surface area contributed by atoms with Crippen LogP contribution < -0.4 is 5.73 Å². The number of piperidine rings is 1. The second kappa shape index (κ2) is 5.61. The molecule has 1 aromatic rings. The van der Waals surface area contributed by atoms with Crippen LogP contribution in [-0.4, -0.2) is 31.9 Å². The van der Waals surface area contributed by atoms with Gasteiger partial charge in [-0.25, -0.2) is 8.42 Å². The molecule has 2 atom stereocenters. The average molecular weight is 282 g/mol. The van der Waals surface area contributed by atoms with Crippen LogP contribution in [0.3, 0.4) is 0 Å². The Hall–Kier alpha value is -0.910. The van der Waals surface area contributed by atoms with Gasteiger partial charge in [0.2, 0.25) is 10.0 Å². The Morgan fingerprint density at radius 2 is 1.89 bits per heavy atom. The van der Waals surface area contributed by atoms with Crippen LogP contribution in [0.25, 0.3) is 0 Å². The van der Waals surface area contributed by atoms with Crippen molar-refractivity contribution in [2.45, 2.75) is 37.6 Å². The number of nitrogens with zero attached hydrogens (tertiary/aromatic N) is 1. The summed E-state index contributed by atoms with van der Waals surface area (Å²) in [7, 11) is -3.39. The van der Waals surface area contributed by atoms with Gasteiger partial charge in [-0.2, -0.15) is 4.31 Å². The lowest BCUT2D eigenvalue weighted by molar-refractivity contribution is 0.211. The minimum absolute atomic E-state index is 0.0501. The Morgan fingerprint density at radius 1 is 1.26 bits per heavy atom. The van der Waals surface area contributed by atoms with Crippen LogP contribution in [0.1, 0.15) is 25.3 Å². The van der Waals surface area contributed by atoms with Crippen molar-refractivity contribution in [1.82, 2.24) is 4.31 Å². The van der Waals surface area contributed by atoms with E-state index in [1.54, 1.807) is 16.4 Å². The Kier molecular flexibility index (Phi) is 4.28. The van der Waals surface area contributed by atoms with E-state index in [0.717, 1.165) is 18.4 Å². The molecule has 2 unspecified atom stereocenters. The van der Waals surface area contributed by atoms with Gasteiger partial charge in [0.1, 0.15) is 0 Å². The van der Waals surface area contributed by atoms with E-state index in [1.807, 2.05) is 26.0 Å². The van der Waals surface area contributed by atoms with E-state index in [0.29, 0.717) is 18.0 Å². The standard InChI is InChI=1S/C14H22N2O2S/c1-11-3-7-14(8-4-11)19(17,18)16-10-13(9-15)6-5-12(16)2/h3-4,7-8,12-13H,5-6,9-10,15H2,1-2H3. The van der Waals surface area contributed by atoms with Gasteiger partial charge < -0.3 is 5.73 Å². The van der Waals surface area contributed by atoms with Crippen molar-refractivity contribution in [3.8, 4) is 0 Å². The van der Waals surface area contributed by atoms with E-state index in [-0.39, 0.29) is 12.0 Å². The van der Waals surface area contributed by atoms with Crippen molar-refractivity contribution in [3.05, 3.63) is 29.8 Å². The molecule has 1 fully saturated rings. The molecule has 19 heavy (non-hydrogen) atoms. The van der Waals surface area contributed by atoms with Crippen LogP contribution in [0.15, 0.2) is 29.2 Å². The SMILES string of the molecule is Cc1ccc(S(=O)(=O)N2CC(CN)CCC2C)cc1. The molecule has 1 aromatic carbocycles. The van der Waals surface area contributed by atoms with E-state index >= 15 is 0 Å². The average Bonchev–Trinajstić information content (AvgIpc) is 2.39. The molecule has 2 N–H and O–H groups in total. The highest BCUT2D eigenvalue weighted by atomic mass is 32.2. The second-order valence-corrected chi connectivity index (χ2v) is 7.31. The summed E-state index contributed by atoms with van der Waals surface area (Å²) in [4.78, 5) is 0.377. The van der Waals surface area contributed by atoms with Gasteiger partial charge >= 0.3 is 0 Å². The molecular weight excluding hydrogens is 260 g/mol. The maximum absolute atomic E-state index is 12.7. The highest BCUT2D eigenvalue weighted by Gasteiger charge is 2.34. The Labute approximate surface area is 115 Å². The van der Waals surface area contributed by atoms with Crippen LogP contribution in [0.2, 0.25) is 0 Å². The highest BCUT2D eigenvalue weighted by molar-refractivity contribution is 7.89. The fourth-order valence-electron chi connectivity index (χ4n) is 2.52. The maximum Gasteiger partial charge on any atom is 0.243 e. The van der Waals surface area contributed by atoms with Gasteiger partial charge in [-0.05, 0) is 51.3 Å². The first-order chi connectivity index (χ1) is 8.95. The third-order valence-electron chi connectivity index (χ3n) is 3.88. The molecule has 0 aliphatic carbocycles. The zero-order valence-electron chi connectivity index (χ0n) is 11.5. The topological polar surface area (TPSA) is 63.4 Å². The molecule has 0 amide bonds. The molecular formula is C14H22N2O2S. The van der Waals surface area contributed by atoms with Gasteiger partial charge in [-0.3, -0.25) is 0 Å². The van der Waals surface area contributed by atoms with Gasteiger partial charge in [-0.15, -0.1) is 0 Å². The monoisotopic (exact) mass is 282 g/mol. The van der Waals surface area contributed by atoms with Crippen LogP contribution in [0.4, 0.5) is 0 Å². The van der Waals surface area contributed by atoms with E-state index in [9.17, 15) is 8.42 Å². The molecule has 0 spiro atoms. The lowest BCUT2D eigenvalue weighted by Crippen LogP contribution is -2.46. The number of nitrogens with two attached hydrogens (primary N) is 1. The lowest BCUT2D eigenvalue weighted by Gasteiger charge is -2.36. The summed E-state index contributed by atoms with van der Waals surface area (Å²) in [6, 6.07) is 7.09. The zero-order chi connectivity index (χ0) is 14.0. The number of aryl methyl sites for hydroxylation is 1. The molecule has 0 aromatic heterocycles. The van der Waals surface area contributed by atoms with Gasteiger partial charge in [0.05, 0.1) is 4.90 Å². The minimum Gasteiger partial charge on any atom is -0.330 e. The smallest absolute Gasteiger partial charge is 0.243 e. The normalized spacial score (nSPS) is 25.4. The summed E-state index contributed by atoms with van der Waals surface area (Å²) >= 11 is 0. The number of hydrogen-bond donors (Lipinski definition) is 1. The van der Waals surface area contributed by atoms with Crippen molar-refractivity contribution < 1.29 is 8.42 Å². The summed E-state index contributed by atoms with van der Waals surface area (Å²) in [5.74, 6) is 0.274. The number of sulfonamides is 1. The molecule has 1 saturated heterocycles. The van der Waals surface area contributed by atoms with Crippen LogP contribution in [0, 0.1) is 12.8 Å². The molecule has 5 heteroatoms. The predicted molar refractivity (Wildman–Crippen MR) is 76.3 cm³/mol. The Balaban J connectivity index is 2.29. The summed E-state index contributed by atoms with van der Waals surface area (Å²) in [5, 5.41) is 0. The number of rotatable bonds is 3. The lowest BCUT2D eigenvalue weighted by atomic mass is 9.96. The molecule has 2 rings (SSSR count). The van der Waals surface area contributed by atoms with Gasteiger partial charge in [0.15, 0.2) is 0 Å². The summed E-state index contributed by atoms with van der Waals surface area (Å²) in [6.45, 7) is 5.00. The van der Waals surface area contributed by atoms with Gasteiger partial charge in [0, 0.05) is 12.6 Å².